The second kappa shape index (κ2) is 26.0. The van der Waals surface area contributed by atoms with Crippen molar-refractivity contribution in [2.45, 2.75) is 155 Å². The molecule has 0 unspecified atom stereocenters. The molecule has 2 N–H and O–H groups in total. The fourth-order valence-electron chi connectivity index (χ4n) is 4.46. The molecule has 0 aliphatic rings. The number of carbonyl (C=O) groups is 1. The molecule has 7 heteroatoms. The average Bonchev–Trinajstić information content (AvgIpc) is 2.83. The minimum Gasteiger partial charge on any atom is -0.462 e. The lowest BCUT2D eigenvalue weighted by atomic mass is 10.0. The number of carbonyl (C=O) groups excluding carboxylic acids is 1. The zero-order chi connectivity index (χ0) is 26.7. The number of nitrogens with one attached hydrogen (secondary N) is 2. The minimum atomic E-state index is -3.08. The van der Waals surface area contributed by atoms with Crippen molar-refractivity contribution in [3.63, 3.8) is 0 Å². The highest BCUT2D eigenvalue weighted by molar-refractivity contribution is 7.88. The molecule has 0 amide bonds. The minimum absolute atomic E-state index is 0.00124. The van der Waals surface area contributed by atoms with Crippen LogP contribution in [0, 0.1) is 0 Å². The molecule has 36 heavy (non-hydrogen) atoms. The zero-order valence-electron chi connectivity index (χ0n) is 24.1. The van der Waals surface area contributed by atoms with E-state index in [2.05, 4.69) is 23.9 Å². The Kier molecular flexibility index (Phi) is 25.5. The molecule has 0 atom stereocenters. The molecule has 216 valence electrons. The number of esters is 1. The van der Waals surface area contributed by atoms with Crippen LogP contribution in [0.3, 0.4) is 0 Å². The van der Waals surface area contributed by atoms with Crippen LogP contribution in [0.5, 0.6) is 0 Å². The second-order valence-electron chi connectivity index (χ2n) is 10.5. The second-order valence-corrected chi connectivity index (χ2v) is 12.3. The molecule has 0 aliphatic heterocycles. The predicted octanol–water partition coefficient (Wildman–Crippen LogP) is 7.27. The summed E-state index contributed by atoms with van der Waals surface area (Å²) >= 11 is 0. The van der Waals surface area contributed by atoms with Crippen LogP contribution in [0.1, 0.15) is 149 Å². The molecule has 0 bridgehead atoms. The summed E-state index contributed by atoms with van der Waals surface area (Å²) in [6, 6.07) is 0. The van der Waals surface area contributed by atoms with Crippen LogP contribution >= 0.6 is 0 Å². The van der Waals surface area contributed by atoms with Crippen LogP contribution in [0.25, 0.3) is 0 Å². The average molecular weight is 533 g/mol. The Balaban J connectivity index is 3.87. The van der Waals surface area contributed by atoms with Crippen molar-refractivity contribution < 1.29 is 17.9 Å². The van der Waals surface area contributed by atoms with Crippen molar-refractivity contribution in [3.8, 4) is 0 Å². The fourth-order valence-corrected chi connectivity index (χ4v) is 4.97. The summed E-state index contributed by atoms with van der Waals surface area (Å²) < 4.78 is 30.4. The zero-order valence-corrected chi connectivity index (χ0v) is 24.9. The molecule has 0 radical (unpaired) electrons. The fraction of sp³-hybridized carbons (Fsp3) is 0.966. The Morgan fingerprint density at radius 1 is 0.639 bits per heavy atom. The summed E-state index contributed by atoms with van der Waals surface area (Å²) in [6.07, 6.45) is 25.5. The molecular weight excluding hydrogens is 472 g/mol. The summed E-state index contributed by atoms with van der Waals surface area (Å²) in [7, 11) is -3.08. The quantitative estimate of drug-likeness (QED) is 0.0817. The number of unbranched alkanes of at least 4 members (excludes halogenated alkanes) is 14. The molecule has 0 saturated heterocycles. The lowest BCUT2D eigenvalue weighted by Crippen LogP contribution is -2.26. The van der Waals surface area contributed by atoms with Crippen molar-refractivity contribution in [2.75, 3.05) is 25.9 Å². The van der Waals surface area contributed by atoms with Crippen LogP contribution < -0.4 is 10.0 Å². The molecule has 0 aromatic rings. The van der Waals surface area contributed by atoms with Crippen LogP contribution in [0.2, 0.25) is 0 Å². The molecular formula is C29H60N2O4S. The summed E-state index contributed by atoms with van der Waals surface area (Å²) in [5, 5.41) is 3.35. The maximum absolute atomic E-state index is 12.4. The van der Waals surface area contributed by atoms with E-state index in [1.807, 2.05) is 0 Å². The van der Waals surface area contributed by atoms with E-state index in [9.17, 15) is 13.2 Å². The lowest BCUT2D eigenvalue weighted by molar-refractivity contribution is -0.150. The third-order valence-corrected chi connectivity index (χ3v) is 7.41. The summed E-state index contributed by atoms with van der Waals surface area (Å²) in [5.74, 6) is 0.00124. The molecule has 0 heterocycles. The monoisotopic (exact) mass is 532 g/mol. The highest BCUT2D eigenvalue weighted by Crippen LogP contribution is 2.18. The number of hydrogen-bond donors (Lipinski definition) is 2. The Bertz CT molecular complexity index is 568. The van der Waals surface area contributed by atoms with Gasteiger partial charge in [-0.05, 0) is 58.0 Å². The molecule has 0 aromatic carbocycles. The Morgan fingerprint density at radius 3 is 1.67 bits per heavy atom. The SMILES string of the molecule is CCCCCCCCC(CCCCCCCC)OC(=O)CCCCCCCNCCCNS(C)(=O)=O. The van der Waals surface area contributed by atoms with Crippen molar-refractivity contribution >= 4 is 16.0 Å². The lowest BCUT2D eigenvalue weighted by Gasteiger charge is -2.18. The number of ether oxygens (including phenoxy) is 1. The Hall–Kier alpha value is -0.660. The van der Waals surface area contributed by atoms with Crippen LogP contribution in [0.15, 0.2) is 0 Å². The van der Waals surface area contributed by atoms with Gasteiger partial charge in [-0.1, -0.05) is 97.3 Å². The van der Waals surface area contributed by atoms with Gasteiger partial charge in [0.15, 0.2) is 0 Å². The maximum atomic E-state index is 12.4. The first-order chi connectivity index (χ1) is 17.4. The van der Waals surface area contributed by atoms with E-state index in [0.29, 0.717) is 13.0 Å². The summed E-state index contributed by atoms with van der Waals surface area (Å²) in [6.45, 7) is 6.77. The smallest absolute Gasteiger partial charge is 0.306 e. The van der Waals surface area contributed by atoms with Gasteiger partial charge in [0.1, 0.15) is 6.10 Å². The van der Waals surface area contributed by atoms with Crippen molar-refractivity contribution in [2.24, 2.45) is 0 Å². The van der Waals surface area contributed by atoms with Crippen LogP contribution in [-0.2, 0) is 19.6 Å². The molecule has 0 aliphatic carbocycles. The van der Waals surface area contributed by atoms with E-state index in [1.54, 1.807) is 0 Å². The Morgan fingerprint density at radius 2 is 1.11 bits per heavy atom. The van der Waals surface area contributed by atoms with Gasteiger partial charge in [-0.15, -0.1) is 0 Å². The van der Waals surface area contributed by atoms with Crippen molar-refractivity contribution in [3.05, 3.63) is 0 Å². The van der Waals surface area contributed by atoms with Gasteiger partial charge in [-0.25, -0.2) is 13.1 Å². The van der Waals surface area contributed by atoms with Crippen molar-refractivity contribution in [1.82, 2.24) is 10.0 Å². The standard InChI is InChI=1S/C29H60N2O4S/c1-4-6-8-10-13-17-22-28(23-18-14-11-9-7-5-2)35-29(32)24-19-15-12-16-20-25-30-26-21-27-31-36(3,33)34/h28,30-31H,4-27H2,1-3H3. The molecule has 6 nitrogen and oxygen atoms in total. The molecule has 0 rings (SSSR count). The third-order valence-electron chi connectivity index (χ3n) is 6.69. The first-order valence-electron chi connectivity index (χ1n) is 15.2. The normalized spacial score (nSPS) is 11.9. The molecule has 0 saturated carbocycles. The van der Waals surface area contributed by atoms with Gasteiger partial charge >= 0.3 is 5.97 Å². The third kappa shape index (κ3) is 27.9. The van der Waals surface area contributed by atoms with Gasteiger partial charge < -0.3 is 10.1 Å². The number of hydrogen-bond acceptors (Lipinski definition) is 5. The summed E-state index contributed by atoms with van der Waals surface area (Å²) in [4.78, 5) is 12.4. The van der Waals surface area contributed by atoms with Gasteiger partial charge in [0.2, 0.25) is 10.0 Å². The highest BCUT2D eigenvalue weighted by atomic mass is 32.2. The molecule has 0 spiro atoms. The largest absolute Gasteiger partial charge is 0.462 e. The maximum Gasteiger partial charge on any atom is 0.306 e. The van der Waals surface area contributed by atoms with E-state index < -0.39 is 10.0 Å². The van der Waals surface area contributed by atoms with Gasteiger partial charge in [0, 0.05) is 13.0 Å². The van der Waals surface area contributed by atoms with Crippen molar-refractivity contribution in [1.29, 1.82) is 0 Å². The topological polar surface area (TPSA) is 84.5 Å². The van der Waals surface area contributed by atoms with Crippen LogP contribution in [-0.4, -0.2) is 46.4 Å². The molecule has 0 aromatic heterocycles. The van der Waals surface area contributed by atoms with E-state index in [4.69, 9.17) is 4.74 Å². The van der Waals surface area contributed by atoms with Gasteiger partial charge in [-0.3, -0.25) is 4.79 Å². The Labute approximate surface area is 224 Å². The first kappa shape index (κ1) is 35.3. The van der Waals surface area contributed by atoms with E-state index in [0.717, 1.165) is 64.5 Å². The number of rotatable bonds is 28. The van der Waals surface area contributed by atoms with Crippen LogP contribution in [0.4, 0.5) is 0 Å². The molecule has 0 fully saturated rings. The number of sulfonamides is 1. The highest BCUT2D eigenvalue weighted by Gasteiger charge is 2.14. The van der Waals surface area contributed by atoms with E-state index >= 15 is 0 Å². The first-order valence-corrected chi connectivity index (χ1v) is 17.1. The summed E-state index contributed by atoms with van der Waals surface area (Å²) in [5.41, 5.74) is 0. The van der Waals surface area contributed by atoms with E-state index in [1.165, 1.54) is 83.3 Å². The van der Waals surface area contributed by atoms with Gasteiger partial charge in [0.25, 0.3) is 0 Å². The van der Waals surface area contributed by atoms with E-state index in [-0.39, 0.29) is 12.1 Å². The van der Waals surface area contributed by atoms with Gasteiger partial charge in [-0.2, -0.15) is 0 Å². The van der Waals surface area contributed by atoms with Gasteiger partial charge in [0.05, 0.1) is 6.26 Å². The predicted molar refractivity (Wildman–Crippen MR) is 154 cm³/mol.